The van der Waals surface area contributed by atoms with Gasteiger partial charge in [-0.05, 0) is 12.1 Å². The number of hydrogen-bond acceptors (Lipinski definition) is 2. The summed E-state index contributed by atoms with van der Waals surface area (Å²) in [5, 5.41) is 8.73. The molecule has 2 aromatic rings. The molecule has 4 heteroatoms. The van der Waals surface area contributed by atoms with Gasteiger partial charge < -0.3 is 9.67 Å². The monoisotopic (exact) mass is 202 g/mol. The SMILES string of the molecule is Cn1cnc(-c2ccc(C(=O)O)cc2)c1. The minimum absolute atomic E-state index is 0.287. The standard InChI is InChI=1S/C11H10N2O2/c1-13-6-10(12-7-13)8-2-4-9(5-3-8)11(14)15/h2-7H,1H3,(H,14,15). The minimum atomic E-state index is -0.914. The molecule has 4 nitrogen and oxygen atoms in total. The lowest BCUT2D eigenvalue weighted by Gasteiger charge is -1.97. The van der Waals surface area contributed by atoms with E-state index in [-0.39, 0.29) is 5.56 Å². The third kappa shape index (κ3) is 1.88. The first-order valence-electron chi connectivity index (χ1n) is 4.48. The molecule has 0 aliphatic carbocycles. The molecule has 0 bridgehead atoms. The second-order valence-electron chi connectivity index (χ2n) is 3.31. The number of carboxylic acids is 1. The smallest absolute Gasteiger partial charge is 0.335 e. The lowest BCUT2D eigenvalue weighted by Crippen LogP contribution is -1.94. The van der Waals surface area contributed by atoms with Crippen molar-refractivity contribution in [3.8, 4) is 11.3 Å². The van der Waals surface area contributed by atoms with Crippen molar-refractivity contribution in [1.82, 2.24) is 9.55 Å². The van der Waals surface area contributed by atoms with Gasteiger partial charge in [-0.25, -0.2) is 9.78 Å². The summed E-state index contributed by atoms with van der Waals surface area (Å²) in [7, 11) is 1.89. The molecule has 2 rings (SSSR count). The number of carbonyl (C=O) groups is 1. The average Bonchev–Trinajstić information content (AvgIpc) is 2.65. The van der Waals surface area contributed by atoms with Gasteiger partial charge in [-0.1, -0.05) is 12.1 Å². The number of hydrogen-bond donors (Lipinski definition) is 1. The van der Waals surface area contributed by atoms with Gasteiger partial charge in [0.1, 0.15) is 0 Å². The van der Waals surface area contributed by atoms with Crippen LogP contribution >= 0.6 is 0 Å². The van der Waals surface area contributed by atoms with Gasteiger partial charge in [0.2, 0.25) is 0 Å². The van der Waals surface area contributed by atoms with Crippen LogP contribution in [0.2, 0.25) is 0 Å². The molecule has 1 heterocycles. The Bertz CT molecular complexity index is 486. The van der Waals surface area contributed by atoms with Crippen LogP contribution in [-0.4, -0.2) is 20.6 Å². The summed E-state index contributed by atoms with van der Waals surface area (Å²) in [6, 6.07) is 6.66. The van der Waals surface area contributed by atoms with Crippen molar-refractivity contribution in [2.45, 2.75) is 0 Å². The molecular formula is C11H10N2O2. The molecule has 0 fully saturated rings. The molecular weight excluding hydrogens is 192 g/mol. The van der Waals surface area contributed by atoms with Crippen molar-refractivity contribution in [3.63, 3.8) is 0 Å². The van der Waals surface area contributed by atoms with Crippen molar-refractivity contribution < 1.29 is 9.90 Å². The fourth-order valence-electron chi connectivity index (χ4n) is 1.35. The van der Waals surface area contributed by atoms with E-state index in [0.29, 0.717) is 0 Å². The van der Waals surface area contributed by atoms with Gasteiger partial charge in [0.05, 0.1) is 17.6 Å². The summed E-state index contributed by atoms with van der Waals surface area (Å²) in [6.07, 6.45) is 3.59. The lowest BCUT2D eigenvalue weighted by molar-refractivity contribution is 0.0697. The zero-order chi connectivity index (χ0) is 10.8. The third-order valence-corrected chi connectivity index (χ3v) is 2.13. The maximum absolute atomic E-state index is 10.6. The molecule has 0 amide bonds. The first kappa shape index (κ1) is 9.45. The molecule has 1 aromatic carbocycles. The minimum Gasteiger partial charge on any atom is -0.478 e. The Labute approximate surface area is 86.8 Å². The summed E-state index contributed by atoms with van der Waals surface area (Å²) in [6.45, 7) is 0. The molecule has 0 unspecified atom stereocenters. The summed E-state index contributed by atoms with van der Waals surface area (Å²) in [5.41, 5.74) is 2.05. The Hall–Kier alpha value is -2.10. The number of carboxylic acid groups (broad SMARTS) is 1. The Kier molecular flexibility index (Phi) is 2.25. The van der Waals surface area contributed by atoms with E-state index in [0.717, 1.165) is 11.3 Å². The number of aromatic nitrogens is 2. The molecule has 1 N–H and O–H groups in total. The number of rotatable bonds is 2. The Morgan fingerprint density at radius 1 is 1.33 bits per heavy atom. The summed E-state index contributed by atoms with van der Waals surface area (Å²) in [4.78, 5) is 14.8. The van der Waals surface area contributed by atoms with Crippen LogP contribution in [-0.2, 0) is 7.05 Å². The van der Waals surface area contributed by atoms with E-state index in [1.165, 1.54) is 0 Å². The van der Waals surface area contributed by atoms with Crippen LogP contribution < -0.4 is 0 Å². The molecule has 0 saturated carbocycles. The summed E-state index contributed by atoms with van der Waals surface area (Å²) in [5.74, 6) is -0.914. The highest BCUT2D eigenvalue weighted by atomic mass is 16.4. The third-order valence-electron chi connectivity index (χ3n) is 2.13. The number of imidazole rings is 1. The van der Waals surface area contributed by atoms with Crippen LogP contribution in [0.5, 0.6) is 0 Å². The Morgan fingerprint density at radius 3 is 2.47 bits per heavy atom. The Balaban J connectivity index is 2.35. The highest BCUT2D eigenvalue weighted by Crippen LogP contribution is 2.17. The summed E-state index contributed by atoms with van der Waals surface area (Å²) >= 11 is 0. The molecule has 0 saturated heterocycles. The molecule has 15 heavy (non-hydrogen) atoms. The van der Waals surface area contributed by atoms with Crippen LogP contribution in [0.1, 0.15) is 10.4 Å². The van der Waals surface area contributed by atoms with Crippen molar-refractivity contribution >= 4 is 5.97 Å². The lowest BCUT2D eigenvalue weighted by atomic mass is 10.1. The number of benzene rings is 1. The number of nitrogens with zero attached hydrogens (tertiary/aromatic N) is 2. The van der Waals surface area contributed by atoms with E-state index in [4.69, 9.17) is 5.11 Å². The van der Waals surface area contributed by atoms with Crippen LogP contribution in [0, 0.1) is 0 Å². The quantitative estimate of drug-likeness (QED) is 0.807. The molecule has 1 aromatic heterocycles. The fourth-order valence-corrected chi connectivity index (χ4v) is 1.35. The number of aryl methyl sites for hydroxylation is 1. The first-order chi connectivity index (χ1) is 7.16. The topological polar surface area (TPSA) is 55.1 Å². The molecule has 76 valence electrons. The highest BCUT2D eigenvalue weighted by molar-refractivity contribution is 5.88. The van der Waals surface area contributed by atoms with E-state index in [1.807, 2.05) is 17.8 Å². The van der Waals surface area contributed by atoms with E-state index < -0.39 is 5.97 Å². The maximum atomic E-state index is 10.6. The maximum Gasteiger partial charge on any atom is 0.335 e. The first-order valence-corrected chi connectivity index (χ1v) is 4.48. The number of aromatic carboxylic acids is 1. The van der Waals surface area contributed by atoms with Gasteiger partial charge >= 0.3 is 5.97 Å². The largest absolute Gasteiger partial charge is 0.478 e. The van der Waals surface area contributed by atoms with E-state index in [1.54, 1.807) is 30.6 Å². The van der Waals surface area contributed by atoms with E-state index in [2.05, 4.69) is 4.98 Å². The van der Waals surface area contributed by atoms with Crippen molar-refractivity contribution in [2.75, 3.05) is 0 Å². The van der Waals surface area contributed by atoms with Crippen molar-refractivity contribution in [1.29, 1.82) is 0 Å². The zero-order valence-electron chi connectivity index (χ0n) is 8.21. The zero-order valence-corrected chi connectivity index (χ0v) is 8.21. The van der Waals surface area contributed by atoms with E-state index in [9.17, 15) is 4.79 Å². The van der Waals surface area contributed by atoms with Gasteiger partial charge in [0.25, 0.3) is 0 Å². The second kappa shape index (κ2) is 3.57. The van der Waals surface area contributed by atoms with Gasteiger partial charge in [0.15, 0.2) is 0 Å². The van der Waals surface area contributed by atoms with Gasteiger partial charge in [-0.15, -0.1) is 0 Å². The predicted molar refractivity (Wildman–Crippen MR) is 55.6 cm³/mol. The molecule has 0 spiro atoms. The van der Waals surface area contributed by atoms with Gasteiger partial charge in [-0.3, -0.25) is 0 Å². The van der Waals surface area contributed by atoms with Crippen LogP contribution in [0.3, 0.4) is 0 Å². The molecule has 0 aliphatic heterocycles. The van der Waals surface area contributed by atoms with E-state index >= 15 is 0 Å². The normalized spacial score (nSPS) is 10.2. The van der Waals surface area contributed by atoms with Crippen molar-refractivity contribution in [3.05, 3.63) is 42.4 Å². The van der Waals surface area contributed by atoms with Gasteiger partial charge in [0, 0.05) is 18.8 Å². The average molecular weight is 202 g/mol. The van der Waals surface area contributed by atoms with Crippen LogP contribution in [0.25, 0.3) is 11.3 Å². The Morgan fingerprint density at radius 2 is 2.00 bits per heavy atom. The second-order valence-corrected chi connectivity index (χ2v) is 3.31. The highest BCUT2D eigenvalue weighted by Gasteiger charge is 2.04. The predicted octanol–water partition coefficient (Wildman–Crippen LogP) is 1.79. The van der Waals surface area contributed by atoms with Gasteiger partial charge in [-0.2, -0.15) is 0 Å². The van der Waals surface area contributed by atoms with Crippen molar-refractivity contribution in [2.24, 2.45) is 7.05 Å². The molecule has 0 aliphatic rings. The van der Waals surface area contributed by atoms with Crippen LogP contribution in [0.15, 0.2) is 36.8 Å². The molecule has 0 radical (unpaired) electrons. The fraction of sp³-hybridized carbons (Fsp3) is 0.0909. The molecule has 0 atom stereocenters. The van der Waals surface area contributed by atoms with Crippen LogP contribution in [0.4, 0.5) is 0 Å². The summed E-state index contributed by atoms with van der Waals surface area (Å²) < 4.78 is 1.85.